The van der Waals surface area contributed by atoms with E-state index < -0.39 is 50.4 Å². The second kappa shape index (κ2) is 6.66. The molecule has 0 aromatic heterocycles. The lowest BCUT2D eigenvalue weighted by Crippen LogP contribution is -2.31. The molecule has 0 saturated carbocycles. The van der Waals surface area contributed by atoms with Crippen LogP contribution in [0.2, 0.25) is 0 Å². The Hall–Kier alpha value is -0.600. The van der Waals surface area contributed by atoms with E-state index in [0.29, 0.717) is 0 Å². The zero-order valence-electron chi connectivity index (χ0n) is 10.2. The average Bonchev–Trinajstić information content (AvgIpc) is 2.26. The van der Waals surface area contributed by atoms with Crippen LogP contribution in [0, 0.1) is 5.92 Å². The summed E-state index contributed by atoms with van der Waals surface area (Å²) in [7, 11) is -11.8. The second-order valence-corrected chi connectivity index (χ2v) is 6.86. The van der Waals surface area contributed by atoms with E-state index in [1.807, 2.05) is 0 Å². The van der Waals surface area contributed by atoms with Gasteiger partial charge in [0.05, 0.1) is 13.2 Å². The van der Waals surface area contributed by atoms with E-state index in [1.54, 1.807) is 0 Å². The van der Waals surface area contributed by atoms with Crippen LogP contribution in [-0.4, -0.2) is 41.1 Å². The Balaban J connectivity index is 4.66. The van der Waals surface area contributed by atoms with E-state index in [-0.39, 0.29) is 6.42 Å². The number of halogens is 6. The van der Waals surface area contributed by atoms with Gasteiger partial charge in [0.2, 0.25) is 0 Å². The van der Waals surface area contributed by atoms with E-state index in [4.69, 9.17) is 0 Å². The van der Waals surface area contributed by atoms with Gasteiger partial charge < -0.3 is 0 Å². The summed E-state index contributed by atoms with van der Waals surface area (Å²) in [4.78, 5) is 0. The molecule has 14 heteroatoms. The molecule has 0 spiro atoms. The molecule has 0 rings (SSSR count). The van der Waals surface area contributed by atoms with Crippen molar-refractivity contribution >= 4 is 20.2 Å². The van der Waals surface area contributed by atoms with E-state index in [0.717, 1.165) is 0 Å². The molecule has 6 nitrogen and oxygen atoms in total. The van der Waals surface area contributed by atoms with Crippen LogP contribution >= 0.6 is 0 Å². The molecule has 0 aromatic carbocycles. The molecule has 0 N–H and O–H groups in total. The van der Waals surface area contributed by atoms with Gasteiger partial charge >= 0.3 is 31.3 Å². The van der Waals surface area contributed by atoms with Crippen molar-refractivity contribution in [2.24, 2.45) is 5.92 Å². The van der Waals surface area contributed by atoms with Crippen molar-refractivity contribution in [2.45, 2.75) is 24.4 Å². The standard InChI is InChI=1S/C7H10F6O6S2/c1-2-5(3-18-20(14,15)6(8,9)10)4-19-21(16,17)7(11,12)13/h5H,2-4H2,1H3. The first kappa shape index (κ1) is 20.4. The summed E-state index contributed by atoms with van der Waals surface area (Å²) in [6, 6.07) is 0. The third kappa shape index (κ3) is 5.96. The van der Waals surface area contributed by atoms with Crippen LogP contribution in [0.3, 0.4) is 0 Å². The molecule has 0 aromatic rings. The first-order chi connectivity index (χ1) is 9.14. The highest BCUT2D eigenvalue weighted by atomic mass is 32.2. The van der Waals surface area contributed by atoms with Gasteiger partial charge in [-0.25, -0.2) is 0 Å². The van der Waals surface area contributed by atoms with Gasteiger partial charge in [-0.2, -0.15) is 43.2 Å². The molecule has 0 saturated heterocycles. The number of rotatable bonds is 7. The van der Waals surface area contributed by atoms with Gasteiger partial charge in [0, 0.05) is 5.92 Å². The summed E-state index contributed by atoms with van der Waals surface area (Å²) in [5, 5.41) is 0. The highest BCUT2D eigenvalue weighted by molar-refractivity contribution is 7.87. The molecule has 0 aliphatic rings. The fourth-order valence-corrected chi connectivity index (χ4v) is 1.80. The van der Waals surface area contributed by atoms with Gasteiger partial charge in [-0.3, -0.25) is 8.37 Å². The van der Waals surface area contributed by atoms with E-state index >= 15 is 0 Å². The molecule has 0 aliphatic carbocycles. The molecular formula is C7H10F6O6S2. The quantitative estimate of drug-likeness (QED) is 0.387. The number of hydrogen-bond acceptors (Lipinski definition) is 6. The second-order valence-electron chi connectivity index (χ2n) is 3.64. The first-order valence-corrected chi connectivity index (χ1v) is 7.87. The van der Waals surface area contributed by atoms with Crippen LogP contribution in [0.5, 0.6) is 0 Å². The first-order valence-electron chi connectivity index (χ1n) is 5.05. The van der Waals surface area contributed by atoms with Crippen LogP contribution in [0.25, 0.3) is 0 Å². The monoisotopic (exact) mass is 368 g/mol. The third-order valence-corrected chi connectivity index (χ3v) is 4.09. The predicted octanol–water partition coefficient (Wildman–Crippen LogP) is 1.75. The van der Waals surface area contributed by atoms with Crippen molar-refractivity contribution in [1.29, 1.82) is 0 Å². The lowest BCUT2D eigenvalue weighted by atomic mass is 10.1. The highest BCUT2D eigenvalue weighted by Gasteiger charge is 2.49. The molecule has 21 heavy (non-hydrogen) atoms. The van der Waals surface area contributed by atoms with Crippen molar-refractivity contribution in [3.63, 3.8) is 0 Å². The summed E-state index contributed by atoms with van der Waals surface area (Å²) >= 11 is 0. The van der Waals surface area contributed by atoms with Gasteiger partial charge in [0.25, 0.3) is 0 Å². The molecule has 0 atom stereocenters. The van der Waals surface area contributed by atoms with E-state index in [9.17, 15) is 43.2 Å². The van der Waals surface area contributed by atoms with Crippen molar-refractivity contribution in [3.8, 4) is 0 Å². The zero-order chi connectivity index (χ0) is 17.1. The highest BCUT2D eigenvalue weighted by Crippen LogP contribution is 2.27. The van der Waals surface area contributed by atoms with Crippen molar-refractivity contribution < 1.29 is 51.5 Å². The summed E-state index contributed by atoms with van der Waals surface area (Å²) in [6.07, 6.45) is -0.180. The van der Waals surface area contributed by atoms with Crippen LogP contribution < -0.4 is 0 Å². The van der Waals surface area contributed by atoms with Gasteiger partial charge in [-0.1, -0.05) is 6.92 Å². The lowest BCUT2D eigenvalue weighted by molar-refractivity contribution is -0.0576. The molecule has 0 fully saturated rings. The minimum Gasteiger partial charge on any atom is -0.263 e. The molecule has 0 unspecified atom stereocenters. The maximum absolute atomic E-state index is 11.9. The van der Waals surface area contributed by atoms with Crippen LogP contribution in [-0.2, 0) is 28.6 Å². The summed E-state index contributed by atoms with van der Waals surface area (Å²) < 4.78 is 121. The molecular weight excluding hydrogens is 358 g/mol. The maximum atomic E-state index is 11.9. The maximum Gasteiger partial charge on any atom is 0.523 e. The summed E-state index contributed by atoms with van der Waals surface area (Å²) in [5.74, 6) is -1.31. The van der Waals surface area contributed by atoms with Crippen LogP contribution in [0.1, 0.15) is 13.3 Å². The van der Waals surface area contributed by atoms with Crippen molar-refractivity contribution in [2.75, 3.05) is 13.2 Å². The van der Waals surface area contributed by atoms with Crippen LogP contribution in [0.4, 0.5) is 26.3 Å². The molecule has 0 heterocycles. The molecule has 0 radical (unpaired) electrons. The lowest BCUT2D eigenvalue weighted by Gasteiger charge is -2.16. The van der Waals surface area contributed by atoms with Gasteiger partial charge in [-0.15, -0.1) is 0 Å². The van der Waals surface area contributed by atoms with Crippen molar-refractivity contribution in [3.05, 3.63) is 0 Å². The fraction of sp³-hybridized carbons (Fsp3) is 1.00. The Morgan fingerprint density at radius 1 is 0.810 bits per heavy atom. The largest absolute Gasteiger partial charge is 0.523 e. The molecule has 0 amide bonds. The summed E-state index contributed by atoms with van der Waals surface area (Å²) in [5.41, 5.74) is -11.4. The average molecular weight is 368 g/mol. The molecule has 0 aliphatic heterocycles. The number of alkyl halides is 6. The zero-order valence-corrected chi connectivity index (χ0v) is 11.9. The normalized spacial score (nSPS) is 14.7. The van der Waals surface area contributed by atoms with E-state index in [1.165, 1.54) is 6.92 Å². The van der Waals surface area contributed by atoms with Gasteiger partial charge in [0.1, 0.15) is 0 Å². The topological polar surface area (TPSA) is 86.7 Å². The number of hydrogen-bond donors (Lipinski definition) is 0. The minimum absolute atomic E-state index is 0.180. The Morgan fingerprint density at radius 2 is 1.10 bits per heavy atom. The fourth-order valence-electron chi connectivity index (χ4n) is 0.789. The smallest absolute Gasteiger partial charge is 0.263 e. The molecule has 0 bridgehead atoms. The Labute approximate surface area is 116 Å². The van der Waals surface area contributed by atoms with Crippen LogP contribution in [0.15, 0.2) is 0 Å². The predicted molar refractivity (Wildman–Crippen MR) is 55.6 cm³/mol. The Morgan fingerprint density at radius 3 is 1.29 bits per heavy atom. The van der Waals surface area contributed by atoms with Crippen molar-refractivity contribution in [1.82, 2.24) is 0 Å². The SMILES string of the molecule is CCC(COS(=O)(=O)C(F)(F)F)COS(=O)(=O)C(F)(F)F. The van der Waals surface area contributed by atoms with Gasteiger partial charge in [-0.05, 0) is 6.42 Å². The minimum atomic E-state index is -5.91. The summed E-state index contributed by atoms with van der Waals surface area (Å²) in [6.45, 7) is -1.09. The van der Waals surface area contributed by atoms with E-state index in [2.05, 4.69) is 8.37 Å². The third-order valence-electron chi connectivity index (χ3n) is 2.06. The van der Waals surface area contributed by atoms with Gasteiger partial charge in [0.15, 0.2) is 0 Å². The Bertz CT molecular complexity index is 485. The molecule has 128 valence electrons. The Kier molecular flexibility index (Phi) is 6.47.